The van der Waals surface area contributed by atoms with E-state index in [1.165, 1.54) is 26.2 Å². The quantitative estimate of drug-likeness (QED) is 0.620. The molecule has 1 heterocycles. The number of nitrogens with zero attached hydrogens (tertiary/aromatic N) is 1. The third kappa shape index (κ3) is 1.93. The molecule has 0 spiro atoms. The van der Waals surface area contributed by atoms with Gasteiger partial charge in [0.2, 0.25) is 0 Å². The van der Waals surface area contributed by atoms with Gasteiger partial charge in [0.15, 0.2) is 0 Å². The molecule has 2 heteroatoms. The van der Waals surface area contributed by atoms with E-state index in [4.69, 9.17) is 0 Å². The predicted octanol–water partition coefficient (Wildman–Crippen LogP) is 5.09. The molecule has 0 amide bonds. The summed E-state index contributed by atoms with van der Waals surface area (Å²) >= 11 is 1.80. The smallest absolute Gasteiger partial charge is 0.0956 e. The van der Waals surface area contributed by atoms with Gasteiger partial charge in [-0.15, -0.1) is 11.3 Å². The van der Waals surface area contributed by atoms with Crippen molar-refractivity contribution in [3.8, 4) is 10.4 Å². The van der Waals surface area contributed by atoms with Gasteiger partial charge in [0.05, 0.1) is 9.88 Å². The van der Waals surface area contributed by atoms with Crippen molar-refractivity contribution in [2.75, 3.05) is 0 Å². The van der Waals surface area contributed by atoms with E-state index in [-0.39, 0.29) is 0 Å². The van der Waals surface area contributed by atoms with Crippen molar-refractivity contribution in [3.63, 3.8) is 0 Å². The van der Waals surface area contributed by atoms with E-state index in [1.54, 1.807) is 11.3 Å². The first-order valence-corrected chi connectivity index (χ1v) is 7.01. The normalized spacial score (nSPS) is 11.3. The van der Waals surface area contributed by atoms with Crippen LogP contribution in [0.5, 0.6) is 0 Å². The zero-order chi connectivity index (χ0) is 12.5. The molecule has 0 fully saturated rings. The van der Waals surface area contributed by atoms with Crippen LogP contribution in [0, 0.1) is 0 Å². The van der Waals surface area contributed by atoms with E-state index in [1.807, 2.05) is 6.20 Å². The van der Waals surface area contributed by atoms with Crippen LogP contribution in [-0.4, -0.2) is 4.98 Å². The second-order valence-corrected chi connectivity index (χ2v) is 5.81. The van der Waals surface area contributed by atoms with Gasteiger partial charge < -0.3 is 0 Å². The van der Waals surface area contributed by atoms with Crippen molar-refractivity contribution in [1.29, 1.82) is 0 Å². The highest BCUT2D eigenvalue weighted by atomic mass is 32.1. The van der Waals surface area contributed by atoms with Crippen molar-refractivity contribution < 1.29 is 0 Å². The van der Waals surface area contributed by atoms with E-state index < -0.39 is 0 Å². The molecule has 0 N–H and O–H groups in total. The second-order valence-electron chi connectivity index (χ2n) is 4.74. The van der Waals surface area contributed by atoms with Gasteiger partial charge in [-0.3, -0.25) is 0 Å². The number of rotatable bonds is 2. The lowest BCUT2D eigenvalue weighted by Crippen LogP contribution is -1.81. The van der Waals surface area contributed by atoms with Gasteiger partial charge in [0, 0.05) is 17.7 Å². The first-order valence-electron chi connectivity index (χ1n) is 6.19. The van der Waals surface area contributed by atoms with Crippen LogP contribution in [0.4, 0.5) is 0 Å². The molecule has 0 saturated carbocycles. The average Bonchev–Trinajstić information content (AvgIpc) is 2.87. The van der Waals surface area contributed by atoms with Crippen molar-refractivity contribution in [1.82, 2.24) is 4.98 Å². The lowest BCUT2D eigenvalue weighted by molar-refractivity contribution is 0.852. The summed E-state index contributed by atoms with van der Waals surface area (Å²) in [6.45, 7) is 4.37. The largest absolute Gasteiger partial charge is 0.249 e. The Hall–Kier alpha value is -1.67. The fraction of sp³-hybridized carbons (Fsp3) is 0.188. The Kier molecular flexibility index (Phi) is 2.88. The number of thiazole rings is 1. The zero-order valence-corrected chi connectivity index (χ0v) is 11.4. The monoisotopic (exact) mass is 253 g/mol. The van der Waals surface area contributed by atoms with Gasteiger partial charge >= 0.3 is 0 Å². The molecule has 0 radical (unpaired) electrons. The predicted molar refractivity (Wildman–Crippen MR) is 79.1 cm³/mol. The Bertz CT molecular complexity index is 677. The number of fused-ring (bicyclic) bond motifs is 1. The maximum Gasteiger partial charge on any atom is 0.0956 e. The van der Waals surface area contributed by atoms with Crippen molar-refractivity contribution in [3.05, 3.63) is 53.7 Å². The zero-order valence-electron chi connectivity index (χ0n) is 10.6. The number of hydrogen-bond donors (Lipinski definition) is 0. The number of aromatic nitrogens is 1. The Morgan fingerprint density at radius 1 is 1.00 bits per heavy atom. The molecule has 0 bridgehead atoms. The molecular weight excluding hydrogens is 238 g/mol. The molecule has 3 aromatic rings. The van der Waals surface area contributed by atoms with Crippen LogP contribution in [0.25, 0.3) is 21.2 Å². The van der Waals surface area contributed by atoms with Crippen LogP contribution in [0.3, 0.4) is 0 Å². The number of benzene rings is 2. The molecule has 3 rings (SSSR count). The first-order chi connectivity index (χ1) is 8.75. The van der Waals surface area contributed by atoms with Crippen molar-refractivity contribution >= 4 is 22.1 Å². The fourth-order valence-corrected chi connectivity index (χ4v) is 3.08. The van der Waals surface area contributed by atoms with Crippen LogP contribution in [-0.2, 0) is 0 Å². The highest BCUT2D eigenvalue weighted by Gasteiger charge is 2.09. The molecule has 0 aliphatic carbocycles. The van der Waals surface area contributed by atoms with Crippen LogP contribution >= 0.6 is 11.3 Å². The summed E-state index contributed by atoms with van der Waals surface area (Å²) in [5, 5.41) is 3.80. The molecule has 0 atom stereocenters. The first kappa shape index (κ1) is 11.4. The molecule has 2 aromatic carbocycles. The summed E-state index contributed by atoms with van der Waals surface area (Å²) < 4.78 is 0. The third-order valence-corrected chi connectivity index (χ3v) is 4.40. The summed E-state index contributed by atoms with van der Waals surface area (Å²) in [6, 6.07) is 15.0. The highest BCUT2D eigenvalue weighted by molar-refractivity contribution is 7.15. The maximum absolute atomic E-state index is 4.52. The fourth-order valence-electron chi connectivity index (χ4n) is 2.12. The van der Waals surface area contributed by atoms with E-state index in [9.17, 15) is 0 Å². The van der Waals surface area contributed by atoms with Gasteiger partial charge in [0.1, 0.15) is 0 Å². The van der Waals surface area contributed by atoms with Crippen LogP contribution in [0.2, 0.25) is 0 Å². The Morgan fingerprint density at radius 2 is 1.78 bits per heavy atom. The summed E-state index contributed by atoms with van der Waals surface area (Å²) in [4.78, 5) is 5.78. The minimum atomic E-state index is 0.499. The van der Waals surface area contributed by atoms with Gasteiger partial charge in [-0.2, -0.15) is 0 Å². The summed E-state index contributed by atoms with van der Waals surface area (Å²) in [6.07, 6.45) is 2.00. The van der Waals surface area contributed by atoms with Gasteiger partial charge in [-0.25, -0.2) is 4.98 Å². The molecule has 18 heavy (non-hydrogen) atoms. The molecule has 1 nitrogen and oxygen atoms in total. The minimum absolute atomic E-state index is 0.499. The van der Waals surface area contributed by atoms with Crippen LogP contribution in [0.15, 0.2) is 48.7 Å². The molecule has 0 aliphatic rings. The second kappa shape index (κ2) is 4.54. The van der Waals surface area contributed by atoms with Crippen LogP contribution < -0.4 is 0 Å². The molecule has 0 unspecified atom stereocenters. The molecule has 90 valence electrons. The van der Waals surface area contributed by atoms with Gasteiger partial charge in [-0.05, 0) is 10.8 Å². The minimum Gasteiger partial charge on any atom is -0.249 e. The van der Waals surface area contributed by atoms with E-state index in [2.05, 4.69) is 61.3 Å². The van der Waals surface area contributed by atoms with Gasteiger partial charge in [-0.1, -0.05) is 56.3 Å². The van der Waals surface area contributed by atoms with E-state index in [0.717, 1.165) is 0 Å². The van der Waals surface area contributed by atoms with E-state index in [0.29, 0.717) is 5.92 Å². The van der Waals surface area contributed by atoms with E-state index >= 15 is 0 Å². The summed E-state index contributed by atoms with van der Waals surface area (Å²) in [5.41, 5.74) is 1.29. The van der Waals surface area contributed by atoms with Crippen molar-refractivity contribution in [2.45, 2.75) is 19.8 Å². The average molecular weight is 253 g/mol. The molecular formula is C16H15NS. The van der Waals surface area contributed by atoms with Crippen LogP contribution in [0.1, 0.15) is 24.8 Å². The molecule has 0 aliphatic heterocycles. The topological polar surface area (TPSA) is 12.9 Å². The molecule has 0 saturated heterocycles. The lowest BCUT2D eigenvalue weighted by atomic mass is 10.0. The summed E-state index contributed by atoms with van der Waals surface area (Å²) in [5.74, 6) is 0.499. The highest BCUT2D eigenvalue weighted by Crippen LogP contribution is 2.34. The summed E-state index contributed by atoms with van der Waals surface area (Å²) in [7, 11) is 0. The third-order valence-electron chi connectivity index (χ3n) is 3.07. The maximum atomic E-state index is 4.52. The Balaban J connectivity index is 2.18. The lowest BCUT2D eigenvalue weighted by Gasteiger charge is -2.03. The standard InChI is InChI=1S/C16H15NS/c1-11(2)16-17-10-15(18-16)14-9-5-7-12-6-3-4-8-13(12)14/h3-11H,1-2H3. The SMILES string of the molecule is CC(C)c1ncc(-c2cccc3ccccc23)s1. The van der Waals surface area contributed by atoms with Crippen molar-refractivity contribution in [2.24, 2.45) is 0 Å². The molecule has 1 aromatic heterocycles. The van der Waals surface area contributed by atoms with Gasteiger partial charge in [0.25, 0.3) is 0 Å². The number of hydrogen-bond acceptors (Lipinski definition) is 2. The Labute approximate surface area is 111 Å². The Morgan fingerprint density at radius 3 is 2.56 bits per heavy atom.